The summed E-state index contributed by atoms with van der Waals surface area (Å²) in [6, 6.07) is -0.0529. The van der Waals surface area contributed by atoms with Gasteiger partial charge in [-0.3, -0.25) is 4.79 Å². The van der Waals surface area contributed by atoms with Gasteiger partial charge in [0.15, 0.2) is 0 Å². The first-order valence-electron chi connectivity index (χ1n) is 5.89. The van der Waals surface area contributed by atoms with Crippen LogP contribution in [0.4, 0.5) is 4.79 Å². The summed E-state index contributed by atoms with van der Waals surface area (Å²) in [6.07, 6.45) is 1.35. The van der Waals surface area contributed by atoms with E-state index in [9.17, 15) is 9.59 Å². The van der Waals surface area contributed by atoms with Gasteiger partial charge in [0.2, 0.25) is 5.91 Å². The van der Waals surface area contributed by atoms with Gasteiger partial charge in [-0.1, -0.05) is 13.8 Å². The van der Waals surface area contributed by atoms with Gasteiger partial charge in [-0.2, -0.15) is 0 Å². The van der Waals surface area contributed by atoms with Gasteiger partial charge in [0.1, 0.15) is 0 Å². The second-order valence-electron chi connectivity index (χ2n) is 4.52. The standard InChI is InChI=1S/C11H21N3O2/c1-9(2)8-13-10(15)4-7-14-6-3-5-12-11(14)16/h9H,3-8H2,1-2H3,(H,12,16)(H,13,15). The molecule has 0 saturated carbocycles. The van der Waals surface area contributed by atoms with E-state index in [1.165, 1.54) is 0 Å². The fourth-order valence-electron chi connectivity index (χ4n) is 1.53. The van der Waals surface area contributed by atoms with Gasteiger partial charge >= 0.3 is 6.03 Å². The first-order chi connectivity index (χ1) is 7.59. The lowest BCUT2D eigenvalue weighted by Gasteiger charge is -2.27. The Labute approximate surface area is 96.6 Å². The average molecular weight is 227 g/mol. The van der Waals surface area contributed by atoms with Crippen LogP contribution in [0.3, 0.4) is 0 Å². The van der Waals surface area contributed by atoms with Gasteiger partial charge in [-0.25, -0.2) is 4.79 Å². The summed E-state index contributed by atoms with van der Waals surface area (Å²) >= 11 is 0. The molecule has 1 saturated heterocycles. The van der Waals surface area contributed by atoms with Gasteiger partial charge < -0.3 is 15.5 Å². The second-order valence-corrected chi connectivity index (χ2v) is 4.52. The molecule has 5 heteroatoms. The molecule has 1 fully saturated rings. The highest BCUT2D eigenvalue weighted by Crippen LogP contribution is 2.00. The zero-order valence-corrected chi connectivity index (χ0v) is 10.1. The lowest BCUT2D eigenvalue weighted by atomic mass is 10.2. The zero-order valence-electron chi connectivity index (χ0n) is 10.1. The molecule has 0 aromatic rings. The Morgan fingerprint density at radius 1 is 1.56 bits per heavy atom. The number of nitrogens with one attached hydrogen (secondary N) is 2. The SMILES string of the molecule is CC(C)CNC(=O)CCN1CCCNC1=O. The molecule has 1 aliphatic rings. The molecular formula is C11H21N3O2. The Balaban J connectivity index is 2.17. The Morgan fingerprint density at radius 3 is 2.94 bits per heavy atom. The second kappa shape index (κ2) is 6.35. The Hall–Kier alpha value is -1.26. The van der Waals surface area contributed by atoms with Crippen LogP contribution >= 0.6 is 0 Å². The number of urea groups is 1. The number of rotatable bonds is 5. The van der Waals surface area contributed by atoms with E-state index >= 15 is 0 Å². The highest BCUT2D eigenvalue weighted by atomic mass is 16.2. The van der Waals surface area contributed by atoms with Crippen molar-refractivity contribution in [3.63, 3.8) is 0 Å². The first kappa shape index (κ1) is 12.8. The molecule has 16 heavy (non-hydrogen) atoms. The topological polar surface area (TPSA) is 61.4 Å². The quantitative estimate of drug-likeness (QED) is 0.721. The van der Waals surface area contributed by atoms with Crippen molar-refractivity contribution in [2.24, 2.45) is 5.92 Å². The number of carbonyl (C=O) groups excluding carboxylic acids is 2. The number of hydrogen-bond donors (Lipinski definition) is 2. The van der Waals surface area contributed by atoms with Crippen molar-refractivity contribution in [2.75, 3.05) is 26.2 Å². The Morgan fingerprint density at radius 2 is 2.31 bits per heavy atom. The summed E-state index contributed by atoms with van der Waals surface area (Å²) in [6.45, 7) is 6.82. The third-order valence-corrected chi connectivity index (χ3v) is 2.48. The molecule has 0 atom stereocenters. The van der Waals surface area contributed by atoms with Crippen LogP contribution in [-0.2, 0) is 4.79 Å². The van der Waals surface area contributed by atoms with E-state index in [-0.39, 0.29) is 11.9 Å². The lowest BCUT2D eigenvalue weighted by molar-refractivity contribution is -0.121. The minimum absolute atomic E-state index is 0.0204. The van der Waals surface area contributed by atoms with E-state index in [1.54, 1.807) is 4.90 Å². The first-order valence-corrected chi connectivity index (χ1v) is 5.89. The summed E-state index contributed by atoms with van der Waals surface area (Å²) in [4.78, 5) is 24.5. The van der Waals surface area contributed by atoms with E-state index in [0.29, 0.717) is 25.4 Å². The number of hydrogen-bond acceptors (Lipinski definition) is 2. The van der Waals surface area contributed by atoms with Crippen LogP contribution in [0.5, 0.6) is 0 Å². The zero-order chi connectivity index (χ0) is 12.0. The minimum atomic E-state index is -0.0529. The van der Waals surface area contributed by atoms with Crippen molar-refractivity contribution < 1.29 is 9.59 Å². The molecular weight excluding hydrogens is 206 g/mol. The molecule has 0 unspecified atom stereocenters. The molecule has 5 nitrogen and oxygen atoms in total. The van der Waals surface area contributed by atoms with E-state index in [1.807, 2.05) is 0 Å². The summed E-state index contributed by atoms with van der Waals surface area (Å²) in [5.41, 5.74) is 0. The minimum Gasteiger partial charge on any atom is -0.356 e. The molecule has 0 aromatic carbocycles. The highest BCUT2D eigenvalue weighted by Gasteiger charge is 2.17. The van der Waals surface area contributed by atoms with Crippen molar-refractivity contribution in [1.29, 1.82) is 0 Å². The third-order valence-electron chi connectivity index (χ3n) is 2.48. The molecule has 92 valence electrons. The Bertz CT molecular complexity index is 254. The van der Waals surface area contributed by atoms with Crippen molar-refractivity contribution in [3.05, 3.63) is 0 Å². The molecule has 3 amide bonds. The lowest BCUT2D eigenvalue weighted by Crippen LogP contribution is -2.47. The van der Waals surface area contributed by atoms with Gasteiger partial charge in [0.25, 0.3) is 0 Å². The van der Waals surface area contributed by atoms with E-state index in [4.69, 9.17) is 0 Å². The van der Waals surface area contributed by atoms with Crippen molar-refractivity contribution in [3.8, 4) is 0 Å². The van der Waals surface area contributed by atoms with Crippen molar-refractivity contribution in [2.45, 2.75) is 26.7 Å². The van der Waals surface area contributed by atoms with Crippen LogP contribution in [0, 0.1) is 5.92 Å². The van der Waals surface area contributed by atoms with Crippen molar-refractivity contribution >= 4 is 11.9 Å². The van der Waals surface area contributed by atoms with Crippen LogP contribution in [0.2, 0.25) is 0 Å². The van der Waals surface area contributed by atoms with Crippen LogP contribution in [0.25, 0.3) is 0 Å². The smallest absolute Gasteiger partial charge is 0.317 e. The summed E-state index contributed by atoms with van der Waals surface area (Å²) in [5.74, 6) is 0.481. The van der Waals surface area contributed by atoms with E-state index < -0.39 is 0 Å². The van der Waals surface area contributed by atoms with Gasteiger partial charge in [0, 0.05) is 32.6 Å². The number of nitrogens with zero attached hydrogens (tertiary/aromatic N) is 1. The predicted molar refractivity (Wildman–Crippen MR) is 62.1 cm³/mol. The van der Waals surface area contributed by atoms with Crippen LogP contribution in [-0.4, -0.2) is 43.0 Å². The normalized spacial score (nSPS) is 16.2. The van der Waals surface area contributed by atoms with Crippen LogP contribution < -0.4 is 10.6 Å². The summed E-state index contributed by atoms with van der Waals surface area (Å²) in [7, 11) is 0. The molecule has 0 aromatic heterocycles. The molecule has 0 bridgehead atoms. The predicted octanol–water partition coefficient (Wildman–Crippen LogP) is 0.564. The number of amides is 3. The molecule has 1 rings (SSSR count). The molecule has 0 aliphatic carbocycles. The molecule has 2 N–H and O–H groups in total. The van der Waals surface area contributed by atoms with Gasteiger partial charge in [0.05, 0.1) is 0 Å². The van der Waals surface area contributed by atoms with Crippen LogP contribution in [0.1, 0.15) is 26.7 Å². The molecule has 0 spiro atoms. The molecule has 0 radical (unpaired) electrons. The van der Waals surface area contributed by atoms with Crippen LogP contribution in [0.15, 0.2) is 0 Å². The van der Waals surface area contributed by atoms with E-state index in [2.05, 4.69) is 24.5 Å². The monoisotopic (exact) mass is 227 g/mol. The van der Waals surface area contributed by atoms with Crippen molar-refractivity contribution in [1.82, 2.24) is 15.5 Å². The van der Waals surface area contributed by atoms with E-state index in [0.717, 1.165) is 19.5 Å². The summed E-state index contributed by atoms with van der Waals surface area (Å²) in [5, 5.41) is 5.60. The maximum Gasteiger partial charge on any atom is 0.317 e. The maximum absolute atomic E-state index is 11.4. The molecule has 1 heterocycles. The fraction of sp³-hybridized carbons (Fsp3) is 0.818. The largest absolute Gasteiger partial charge is 0.356 e. The fourth-order valence-corrected chi connectivity index (χ4v) is 1.53. The average Bonchev–Trinajstić information content (AvgIpc) is 2.25. The Kier molecular flexibility index (Phi) is 5.08. The molecule has 1 aliphatic heterocycles. The number of carbonyl (C=O) groups is 2. The van der Waals surface area contributed by atoms with Gasteiger partial charge in [-0.15, -0.1) is 0 Å². The summed E-state index contributed by atoms with van der Waals surface area (Å²) < 4.78 is 0. The van der Waals surface area contributed by atoms with Gasteiger partial charge in [-0.05, 0) is 12.3 Å². The third kappa shape index (κ3) is 4.51. The highest BCUT2D eigenvalue weighted by molar-refractivity contribution is 5.78. The maximum atomic E-state index is 11.4.